The smallest absolute Gasteiger partial charge is 0.277 e. The van der Waals surface area contributed by atoms with Gasteiger partial charge in [0.05, 0.1) is 31.6 Å². The summed E-state index contributed by atoms with van der Waals surface area (Å²) in [5.41, 5.74) is 3.34. The molecule has 0 aliphatic rings. The van der Waals surface area contributed by atoms with Crippen LogP contribution in [0.25, 0.3) is 21.9 Å². The third-order valence-electron chi connectivity index (χ3n) is 4.22. The first kappa shape index (κ1) is 15.0. The van der Waals surface area contributed by atoms with Crippen LogP contribution in [0.5, 0.6) is 5.75 Å². The lowest BCUT2D eigenvalue weighted by Gasteiger charge is -2.05. The predicted molar refractivity (Wildman–Crippen MR) is 94.7 cm³/mol. The summed E-state index contributed by atoms with van der Waals surface area (Å²) in [6.07, 6.45) is 1.55. The number of methoxy groups -OCH3 is 1. The molecule has 2 aromatic heterocycles. The summed E-state index contributed by atoms with van der Waals surface area (Å²) in [5, 5.41) is 9.72. The minimum atomic E-state index is -0.135. The molecule has 0 atom stereocenters. The second-order valence-corrected chi connectivity index (χ2v) is 5.75. The molecule has 2 aromatic carbocycles. The molecule has 25 heavy (non-hydrogen) atoms. The zero-order valence-electron chi connectivity index (χ0n) is 13.5. The van der Waals surface area contributed by atoms with Crippen molar-refractivity contribution in [2.45, 2.75) is 6.54 Å². The number of rotatable bonds is 3. The lowest BCUT2D eigenvalue weighted by molar-refractivity contribution is 0.415. The number of aromatic amines is 1. The Morgan fingerprint density at radius 1 is 1.24 bits per heavy atom. The average Bonchev–Trinajstić information content (AvgIpc) is 3.03. The van der Waals surface area contributed by atoms with Crippen molar-refractivity contribution in [1.82, 2.24) is 14.5 Å². The van der Waals surface area contributed by atoms with Gasteiger partial charge in [-0.25, -0.2) is 4.98 Å². The molecule has 0 saturated heterocycles. The lowest BCUT2D eigenvalue weighted by atomic mass is 10.1. The molecule has 4 rings (SSSR count). The van der Waals surface area contributed by atoms with Gasteiger partial charge in [-0.15, -0.1) is 0 Å². The molecule has 4 aromatic rings. The van der Waals surface area contributed by atoms with Gasteiger partial charge in [0.25, 0.3) is 5.56 Å². The summed E-state index contributed by atoms with van der Waals surface area (Å²) in [6, 6.07) is 14.8. The molecule has 6 nitrogen and oxygen atoms in total. The molecule has 0 aliphatic carbocycles. The van der Waals surface area contributed by atoms with E-state index in [1.807, 2.05) is 30.3 Å². The monoisotopic (exact) mass is 330 g/mol. The van der Waals surface area contributed by atoms with Crippen LogP contribution < -0.4 is 10.3 Å². The summed E-state index contributed by atoms with van der Waals surface area (Å²) in [5.74, 6) is 0.719. The van der Waals surface area contributed by atoms with Crippen molar-refractivity contribution in [1.29, 1.82) is 5.26 Å². The SMILES string of the molecule is COc1ccc2[nH]c3c(=O)n(Cc4ccc(C#N)cc4)cnc3c2c1. The van der Waals surface area contributed by atoms with Gasteiger partial charge in [-0.1, -0.05) is 12.1 Å². The van der Waals surface area contributed by atoms with Gasteiger partial charge in [0.15, 0.2) is 0 Å². The fourth-order valence-corrected chi connectivity index (χ4v) is 2.89. The van der Waals surface area contributed by atoms with Gasteiger partial charge in [-0.3, -0.25) is 9.36 Å². The van der Waals surface area contributed by atoms with Gasteiger partial charge in [0, 0.05) is 10.9 Å². The number of ether oxygens (including phenoxy) is 1. The van der Waals surface area contributed by atoms with Crippen molar-refractivity contribution in [3.8, 4) is 11.8 Å². The Morgan fingerprint density at radius 3 is 2.76 bits per heavy atom. The predicted octanol–water partition coefficient (Wildman–Crippen LogP) is 2.81. The van der Waals surface area contributed by atoms with E-state index in [2.05, 4.69) is 16.0 Å². The minimum Gasteiger partial charge on any atom is -0.497 e. The number of nitriles is 1. The molecule has 0 spiro atoms. The number of aromatic nitrogens is 3. The second-order valence-electron chi connectivity index (χ2n) is 5.75. The molecule has 0 amide bonds. The van der Waals surface area contributed by atoms with Crippen LogP contribution in [-0.2, 0) is 6.54 Å². The molecule has 0 unspecified atom stereocenters. The van der Waals surface area contributed by atoms with E-state index < -0.39 is 0 Å². The number of fused-ring (bicyclic) bond motifs is 3. The third kappa shape index (κ3) is 2.52. The van der Waals surface area contributed by atoms with Crippen LogP contribution in [0.15, 0.2) is 53.6 Å². The number of hydrogen-bond acceptors (Lipinski definition) is 4. The van der Waals surface area contributed by atoms with E-state index in [4.69, 9.17) is 10.00 Å². The number of H-pyrrole nitrogens is 1. The molecular weight excluding hydrogens is 316 g/mol. The van der Waals surface area contributed by atoms with Crippen molar-refractivity contribution in [3.63, 3.8) is 0 Å². The highest BCUT2D eigenvalue weighted by Gasteiger charge is 2.12. The highest BCUT2D eigenvalue weighted by molar-refractivity contribution is 6.04. The normalized spacial score (nSPS) is 10.9. The van der Waals surface area contributed by atoms with Crippen LogP contribution in [0.4, 0.5) is 0 Å². The number of nitrogens with zero attached hydrogens (tertiary/aromatic N) is 3. The molecule has 6 heteroatoms. The van der Waals surface area contributed by atoms with E-state index in [-0.39, 0.29) is 5.56 Å². The zero-order chi connectivity index (χ0) is 17.4. The Bertz CT molecular complexity index is 1180. The molecule has 2 heterocycles. The Kier molecular flexibility index (Phi) is 3.47. The average molecular weight is 330 g/mol. The van der Waals surface area contributed by atoms with Gasteiger partial charge in [-0.05, 0) is 35.9 Å². The number of benzene rings is 2. The topological polar surface area (TPSA) is 83.7 Å². The molecule has 0 saturated carbocycles. The quantitative estimate of drug-likeness (QED) is 0.626. The second kappa shape index (κ2) is 5.80. The number of hydrogen-bond donors (Lipinski definition) is 1. The van der Waals surface area contributed by atoms with E-state index in [1.165, 1.54) is 0 Å². The van der Waals surface area contributed by atoms with Gasteiger partial charge in [0.2, 0.25) is 0 Å². The lowest BCUT2D eigenvalue weighted by Crippen LogP contribution is -2.21. The van der Waals surface area contributed by atoms with Crippen LogP contribution in [0, 0.1) is 11.3 Å². The Hall–Kier alpha value is -3.59. The van der Waals surface area contributed by atoms with Crippen molar-refractivity contribution >= 4 is 21.9 Å². The first-order valence-electron chi connectivity index (χ1n) is 7.73. The van der Waals surface area contributed by atoms with Crippen LogP contribution in [0.1, 0.15) is 11.1 Å². The molecule has 1 N–H and O–H groups in total. The highest BCUT2D eigenvalue weighted by atomic mass is 16.5. The fourth-order valence-electron chi connectivity index (χ4n) is 2.89. The van der Waals surface area contributed by atoms with E-state index in [1.54, 1.807) is 30.1 Å². The molecule has 0 radical (unpaired) electrons. The Labute approximate surface area is 142 Å². The van der Waals surface area contributed by atoms with Crippen molar-refractivity contribution in [2.24, 2.45) is 0 Å². The maximum absolute atomic E-state index is 12.8. The van der Waals surface area contributed by atoms with Crippen LogP contribution in [-0.4, -0.2) is 21.6 Å². The number of nitrogens with one attached hydrogen (secondary N) is 1. The van der Waals surface area contributed by atoms with Gasteiger partial charge in [-0.2, -0.15) is 5.26 Å². The molecule has 0 bridgehead atoms. The third-order valence-corrected chi connectivity index (χ3v) is 4.22. The molecule has 122 valence electrons. The standard InChI is InChI=1S/C19H14N4O2/c1-25-14-6-7-16-15(8-14)17-18(22-16)19(24)23(11-21-17)10-13-4-2-12(9-20)3-5-13/h2-8,11,22H,10H2,1H3. The van der Waals surface area contributed by atoms with Gasteiger partial charge < -0.3 is 9.72 Å². The first-order chi connectivity index (χ1) is 12.2. The van der Waals surface area contributed by atoms with Crippen LogP contribution in [0.3, 0.4) is 0 Å². The summed E-state index contributed by atoms with van der Waals surface area (Å²) < 4.78 is 6.80. The Balaban J connectivity index is 1.80. The van der Waals surface area contributed by atoms with E-state index in [9.17, 15) is 4.79 Å². The summed E-state index contributed by atoms with van der Waals surface area (Å²) in [6.45, 7) is 0.395. The van der Waals surface area contributed by atoms with E-state index in [0.29, 0.717) is 23.1 Å². The first-order valence-corrected chi connectivity index (χ1v) is 7.73. The molecular formula is C19H14N4O2. The maximum Gasteiger partial charge on any atom is 0.277 e. The maximum atomic E-state index is 12.8. The van der Waals surface area contributed by atoms with Gasteiger partial charge >= 0.3 is 0 Å². The molecule has 0 aliphatic heterocycles. The van der Waals surface area contributed by atoms with Crippen molar-refractivity contribution < 1.29 is 4.74 Å². The van der Waals surface area contributed by atoms with Crippen LogP contribution >= 0.6 is 0 Å². The summed E-state index contributed by atoms with van der Waals surface area (Å²) >= 11 is 0. The largest absolute Gasteiger partial charge is 0.497 e. The van der Waals surface area contributed by atoms with Crippen molar-refractivity contribution in [3.05, 3.63) is 70.3 Å². The summed E-state index contributed by atoms with van der Waals surface area (Å²) in [7, 11) is 1.61. The fraction of sp³-hybridized carbons (Fsp3) is 0.105. The highest BCUT2D eigenvalue weighted by Crippen LogP contribution is 2.25. The van der Waals surface area contributed by atoms with Crippen molar-refractivity contribution in [2.75, 3.05) is 7.11 Å². The zero-order valence-corrected chi connectivity index (χ0v) is 13.5. The van der Waals surface area contributed by atoms with E-state index in [0.717, 1.165) is 22.2 Å². The van der Waals surface area contributed by atoms with Crippen LogP contribution in [0.2, 0.25) is 0 Å². The minimum absolute atomic E-state index is 0.135. The van der Waals surface area contributed by atoms with Gasteiger partial charge in [0.1, 0.15) is 16.8 Å². The van der Waals surface area contributed by atoms with E-state index >= 15 is 0 Å². The molecule has 0 fully saturated rings. The Morgan fingerprint density at radius 2 is 2.04 bits per heavy atom. The summed E-state index contributed by atoms with van der Waals surface area (Å²) in [4.78, 5) is 20.4.